The third kappa shape index (κ3) is 9.79. The number of hydrogen-bond donors (Lipinski definition) is 4. The van der Waals surface area contributed by atoms with E-state index >= 15 is 0 Å². The Bertz CT molecular complexity index is 1420. The zero-order valence-electron chi connectivity index (χ0n) is 24.3. The Kier molecular flexibility index (Phi) is 12.1. The van der Waals surface area contributed by atoms with E-state index in [2.05, 4.69) is 19.8 Å². The number of carbonyl (C=O) groups is 3. The van der Waals surface area contributed by atoms with Crippen molar-refractivity contribution in [2.24, 2.45) is 0 Å². The number of ether oxygens (including phenoxy) is 4. The summed E-state index contributed by atoms with van der Waals surface area (Å²) < 4.78 is 58.4. The number of nitrogens with one attached hydrogen (secondary N) is 1. The predicted octanol–water partition coefficient (Wildman–Crippen LogP) is -1.86. The van der Waals surface area contributed by atoms with Gasteiger partial charge in [0.1, 0.15) is 30.0 Å². The van der Waals surface area contributed by atoms with E-state index in [-0.39, 0.29) is 38.2 Å². The summed E-state index contributed by atoms with van der Waals surface area (Å²) in [6, 6.07) is 5.60. The van der Waals surface area contributed by atoms with Gasteiger partial charge in [0.25, 0.3) is 5.91 Å². The second-order valence-corrected chi connectivity index (χ2v) is 11.2. The van der Waals surface area contributed by atoms with Gasteiger partial charge in [-0.3, -0.25) is 23.8 Å². The van der Waals surface area contributed by atoms with Gasteiger partial charge in [0, 0.05) is 31.0 Å². The van der Waals surface area contributed by atoms with Gasteiger partial charge in [-0.1, -0.05) is 17.3 Å². The SMILES string of the molecule is CC(=O)NC1C(OCCOCCOCCn2cc(-c3ccc(C(=O)N4CCC4=O)cc3)nn2)OC(COS(=O)(=O)O)C(O)C1O. The molecule has 1 aromatic carbocycles. The second kappa shape index (κ2) is 15.7. The topological polar surface area (TPSA) is 238 Å². The van der Waals surface area contributed by atoms with Crippen molar-refractivity contribution in [1.29, 1.82) is 0 Å². The molecule has 0 aliphatic carbocycles. The molecule has 2 fully saturated rings. The van der Waals surface area contributed by atoms with E-state index in [0.717, 1.165) is 5.56 Å². The first-order valence-electron chi connectivity index (χ1n) is 14.0. The van der Waals surface area contributed by atoms with Crippen LogP contribution in [0.5, 0.6) is 0 Å². The highest BCUT2D eigenvalue weighted by molar-refractivity contribution is 7.80. The minimum Gasteiger partial charge on any atom is -0.388 e. The highest BCUT2D eigenvalue weighted by atomic mass is 32.3. The van der Waals surface area contributed by atoms with Crippen LogP contribution in [0.4, 0.5) is 0 Å². The van der Waals surface area contributed by atoms with Crippen LogP contribution in [0, 0.1) is 0 Å². The van der Waals surface area contributed by atoms with Gasteiger partial charge in [-0.15, -0.1) is 5.10 Å². The Morgan fingerprint density at radius 1 is 1.07 bits per heavy atom. The maximum atomic E-state index is 12.3. The molecule has 1 aromatic heterocycles. The number of likely N-dealkylation sites (tertiary alicyclic amines) is 1. The van der Waals surface area contributed by atoms with Gasteiger partial charge in [0.15, 0.2) is 6.29 Å². The first kappa shape index (κ1) is 34.5. The van der Waals surface area contributed by atoms with E-state index in [1.807, 2.05) is 0 Å². The number of rotatable bonds is 16. The van der Waals surface area contributed by atoms with Gasteiger partial charge < -0.3 is 34.5 Å². The molecule has 0 saturated carbocycles. The van der Waals surface area contributed by atoms with Crippen molar-refractivity contribution < 1.29 is 60.7 Å². The predicted molar refractivity (Wildman–Crippen MR) is 149 cm³/mol. The summed E-state index contributed by atoms with van der Waals surface area (Å²) >= 11 is 0. The molecular weight excluding hydrogens is 622 g/mol. The maximum absolute atomic E-state index is 12.3. The standard InChI is InChI=1S/C26H35N5O13S/c1-16(32)27-22-24(35)23(34)20(15-43-45(37,38)39)44-26(22)42-13-12-41-11-10-40-9-8-30-14-19(28-29-30)17-2-4-18(5-3-17)25(36)31-7-6-21(31)33/h2-5,14,20,22-24,26,34-35H,6-13,15H2,1H3,(H,27,32)(H,37,38,39). The van der Waals surface area contributed by atoms with Crippen LogP contribution in [-0.4, -0.2) is 138 Å². The number of nitrogens with zero attached hydrogens (tertiary/aromatic N) is 4. The van der Waals surface area contributed by atoms with Gasteiger partial charge in [0.05, 0.1) is 52.4 Å². The molecule has 0 spiro atoms. The van der Waals surface area contributed by atoms with Crippen molar-refractivity contribution in [3.05, 3.63) is 36.0 Å². The Morgan fingerprint density at radius 3 is 2.38 bits per heavy atom. The van der Waals surface area contributed by atoms with Crippen LogP contribution in [0.15, 0.2) is 30.5 Å². The molecular formula is C26H35N5O13S. The minimum absolute atomic E-state index is 0.0529. The molecule has 5 unspecified atom stereocenters. The molecule has 248 valence electrons. The number of hydrogen-bond acceptors (Lipinski definition) is 14. The van der Waals surface area contributed by atoms with Gasteiger partial charge in [-0.25, -0.2) is 8.86 Å². The first-order valence-corrected chi connectivity index (χ1v) is 15.3. The molecule has 2 aliphatic rings. The Balaban J connectivity index is 1.12. The lowest BCUT2D eigenvalue weighted by molar-refractivity contribution is -0.270. The summed E-state index contributed by atoms with van der Waals surface area (Å²) in [7, 11) is -4.82. The lowest BCUT2D eigenvalue weighted by atomic mass is 9.97. The second-order valence-electron chi connectivity index (χ2n) is 10.1. The average Bonchev–Trinajstić information content (AvgIpc) is 3.46. The fraction of sp³-hybridized carbons (Fsp3) is 0.577. The molecule has 2 aliphatic heterocycles. The maximum Gasteiger partial charge on any atom is 0.397 e. The number of β-lactam (4-membered cyclic amide) rings is 1. The van der Waals surface area contributed by atoms with E-state index in [1.165, 1.54) is 11.8 Å². The van der Waals surface area contributed by atoms with Crippen molar-refractivity contribution in [3.8, 4) is 11.3 Å². The molecule has 2 aromatic rings. The zero-order chi connectivity index (χ0) is 32.6. The molecule has 5 atom stereocenters. The van der Waals surface area contributed by atoms with Crippen LogP contribution < -0.4 is 5.32 Å². The van der Waals surface area contributed by atoms with Gasteiger partial charge in [-0.2, -0.15) is 8.42 Å². The quantitative estimate of drug-likeness (QED) is 0.0670. The molecule has 3 heterocycles. The molecule has 4 N–H and O–H groups in total. The van der Waals surface area contributed by atoms with E-state index in [9.17, 15) is 33.0 Å². The van der Waals surface area contributed by atoms with Gasteiger partial charge in [-0.05, 0) is 12.1 Å². The van der Waals surface area contributed by atoms with E-state index in [1.54, 1.807) is 35.1 Å². The summed E-state index contributed by atoms with van der Waals surface area (Å²) in [4.78, 5) is 36.6. The number of amides is 3. The van der Waals surface area contributed by atoms with Crippen molar-refractivity contribution in [3.63, 3.8) is 0 Å². The van der Waals surface area contributed by atoms with E-state index in [0.29, 0.717) is 37.4 Å². The first-order chi connectivity index (χ1) is 21.4. The number of aromatic nitrogens is 3. The van der Waals surface area contributed by atoms with Crippen LogP contribution in [-0.2, 0) is 49.7 Å². The fourth-order valence-corrected chi connectivity index (χ4v) is 4.77. The molecule has 3 amide bonds. The van der Waals surface area contributed by atoms with Gasteiger partial charge in [0.2, 0.25) is 11.8 Å². The molecule has 45 heavy (non-hydrogen) atoms. The zero-order valence-corrected chi connectivity index (χ0v) is 25.1. The number of aliphatic hydroxyl groups excluding tert-OH is 2. The van der Waals surface area contributed by atoms with E-state index in [4.69, 9.17) is 23.5 Å². The third-order valence-electron chi connectivity index (χ3n) is 6.86. The van der Waals surface area contributed by atoms with Crippen LogP contribution >= 0.6 is 0 Å². The largest absolute Gasteiger partial charge is 0.397 e. The fourth-order valence-electron chi connectivity index (χ4n) is 4.47. The summed E-state index contributed by atoms with van der Waals surface area (Å²) in [6.45, 7) is 2.07. The lowest BCUT2D eigenvalue weighted by Gasteiger charge is -2.42. The summed E-state index contributed by atoms with van der Waals surface area (Å²) in [6.07, 6.45) is -3.77. The molecule has 0 bridgehead atoms. The number of imide groups is 1. The van der Waals surface area contributed by atoms with Crippen molar-refractivity contribution in [2.45, 2.75) is 50.5 Å². The Labute approximate surface area is 258 Å². The van der Waals surface area contributed by atoms with Gasteiger partial charge >= 0.3 is 10.4 Å². The number of carbonyl (C=O) groups excluding carboxylic acids is 3. The lowest BCUT2D eigenvalue weighted by Crippen LogP contribution is -2.64. The third-order valence-corrected chi connectivity index (χ3v) is 7.29. The highest BCUT2D eigenvalue weighted by Gasteiger charge is 2.46. The monoisotopic (exact) mass is 657 g/mol. The van der Waals surface area contributed by atoms with Crippen molar-refractivity contribution >= 4 is 28.1 Å². The number of benzene rings is 1. The smallest absolute Gasteiger partial charge is 0.388 e. The van der Waals surface area contributed by atoms with E-state index < -0.39 is 53.6 Å². The Hall–Kier alpha value is -3.40. The number of aliphatic hydroxyl groups is 2. The minimum atomic E-state index is -4.82. The molecule has 0 radical (unpaired) electrons. The summed E-state index contributed by atoms with van der Waals surface area (Å²) in [5.41, 5.74) is 1.80. The molecule has 2 saturated heterocycles. The van der Waals surface area contributed by atoms with Crippen molar-refractivity contribution in [2.75, 3.05) is 46.2 Å². The summed E-state index contributed by atoms with van der Waals surface area (Å²) in [5.74, 6) is -1.02. The normalized spacial score (nSPS) is 23.5. The summed E-state index contributed by atoms with van der Waals surface area (Å²) in [5, 5.41) is 31.3. The average molecular weight is 658 g/mol. The van der Waals surface area contributed by atoms with Crippen LogP contribution in [0.3, 0.4) is 0 Å². The van der Waals surface area contributed by atoms with Crippen LogP contribution in [0.1, 0.15) is 23.7 Å². The Morgan fingerprint density at radius 2 is 1.76 bits per heavy atom. The molecule has 4 rings (SSSR count). The molecule has 18 nitrogen and oxygen atoms in total. The highest BCUT2D eigenvalue weighted by Crippen LogP contribution is 2.23. The molecule has 19 heteroatoms. The van der Waals surface area contributed by atoms with Crippen molar-refractivity contribution in [1.82, 2.24) is 25.2 Å². The van der Waals surface area contributed by atoms with Crippen LogP contribution in [0.25, 0.3) is 11.3 Å². The van der Waals surface area contributed by atoms with Crippen LogP contribution in [0.2, 0.25) is 0 Å².